The van der Waals surface area contributed by atoms with E-state index in [0.717, 1.165) is 31.0 Å². The van der Waals surface area contributed by atoms with E-state index in [2.05, 4.69) is 43.4 Å². The first kappa shape index (κ1) is 14.3. The molecule has 0 saturated heterocycles. The Morgan fingerprint density at radius 3 is 2.76 bits per heavy atom. The van der Waals surface area contributed by atoms with Crippen molar-refractivity contribution >= 4 is 11.6 Å². The maximum Gasteiger partial charge on any atom is 0.0443 e. The number of rotatable bonds is 7. The van der Waals surface area contributed by atoms with Crippen LogP contribution in [0.25, 0.3) is 0 Å². The molecule has 1 aromatic rings. The molecular formula is C15H22ClN. The highest BCUT2D eigenvalue weighted by Crippen LogP contribution is 2.18. The van der Waals surface area contributed by atoms with Crippen molar-refractivity contribution < 1.29 is 0 Å². The van der Waals surface area contributed by atoms with Crippen LogP contribution >= 0.6 is 11.6 Å². The third kappa shape index (κ3) is 5.90. The lowest BCUT2D eigenvalue weighted by molar-refractivity contribution is 0.678. The molecule has 94 valence electrons. The van der Waals surface area contributed by atoms with Crippen LogP contribution in [0.2, 0.25) is 5.02 Å². The molecule has 1 aromatic carbocycles. The second-order valence-electron chi connectivity index (χ2n) is 4.31. The van der Waals surface area contributed by atoms with Gasteiger partial charge in [-0.05, 0) is 56.5 Å². The van der Waals surface area contributed by atoms with Gasteiger partial charge in [0.25, 0.3) is 0 Å². The SMILES string of the molecule is CCCNCC/C=C/Cc1ccc(C)cc1Cl. The Balaban J connectivity index is 2.27. The van der Waals surface area contributed by atoms with Crippen LogP contribution in [-0.4, -0.2) is 13.1 Å². The number of allylic oxidation sites excluding steroid dienone is 1. The standard InChI is InChI=1S/C15H22ClN/c1-3-10-17-11-6-4-5-7-14-9-8-13(2)12-15(14)16/h4-5,8-9,12,17H,3,6-7,10-11H2,1-2H3/b5-4+. The summed E-state index contributed by atoms with van der Waals surface area (Å²) in [4.78, 5) is 0. The van der Waals surface area contributed by atoms with E-state index in [0.29, 0.717) is 0 Å². The van der Waals surface area contributed by atoms with Crippen LogP contribution in [-0.2, 0) is 6.42 Å². The lowest BCUT2D eigenvalue weighted by atomic mass is 10.1. The van der Waals surface area contributed by atoms with Crippen molar-refractivity contribution in [2.45, 2.75) is 33.1 Å². The van der Waals surface area contributed by atoms with Gasteiger partial charge in [0.05, 0.1) is 0 Å². The van der Waals surface area contributed by atoms with Crippen LogP contribution in [0.15, 0.2) is 30.4 Å². The lowest BCUT2D eigenvalue weighted by Gasteiger charge is -2.02. The Kier molecular flexibility index (Phi) is 6.99. The molecule has 17 heavy (non-hydrogen) atoms. The van der Waals surface area contributed by atoms with Crippen molar-refractivity contribution in [1.29, 1.82) is 0 Å². The molecule has 1 N–H and O–H groups in total. The van der Waals surface area contributed by atoms with Crippen molar-refractivity contribution in [2.75, 3.05) is 13.1 Å². The zero-order valence-corrected chi connectivity index (χ0v) is 11.6. The van der Waals surface area contributed by atoms with Gasteiger partial charge in [-0.3, -0.25) is 0 Å². The van der Waals surface area contributed by atoms with Crippen molar-refractivity contribution in [3.05, 3.63) is 46.5 Å². The van der Waals surface area contributed by atoms with Crippen LogP contribution in [0, 0.1) is 6.92 Å². The van der Waals surface area contributed by atoms with Crippen LogP contribution in [0.1, 0.15) is 30.9 Å². The Morgan fingerprint density at radius 2 is 2.06 bits per heavy atom. The average Bonchev–Trinajstić information content (AvgIpc) is 2.30. The Hall–Kier alpha value is -0.790. The predicted molar refractivity (Wildman–Crippen MR) is 76.8 cm³/mol. The predicted octanol–water partition coefficient (Wildman–Crippen LogP) is 4.14. The molecular weight excluding hydrogens is 230 g/mol. The summed E-state index contributed by atoms with van der Waals surface area (Å²) in [5.74, 6) is 0. The van der Waals surface area contributed by atoms with E-state index in [9.17, 15) is 0 Å². The van der Waals surface area contributed by atoms with E-state index < -0.39 is 0 Å². The Morgan fingerprint density at radius 1 is 1.24 bits per heavy atom. The number of hydrogen-bond acceptors (Lipinski definition) is 1. The molecule has 0 amide bonds. The molecule has 0 aliphatic heterocycles. The fourth-order valence-corrected chi connectivity index (χ4v) is 1.95. The molecule has 1 rings (SSSR count). The van der Waals surface area contributed by atoms with E-state index in [-0.39, 0.29) is 0 Å². The third-order valence-electron chi connectivity index (χ3n) is 2.63. The number of benzene rings is 1. The smallest absolute Gasteiger partial charge is 0.0443 e. The summed E-state index contributed by atoms with van der Waals surface area (Å²) in [6.45, 7) is 6.41. The molecule has 0 heterocycles. The number of aryl methyl sites for hydroxylation is 1. The number of hydrogen-bond donors (Lipinski definition) is 1. The summed E-state index contributed by atoms with van der Waals surface area (Å²) in [7, 11) is 0. The first-order valence-corrected chi connectivity index (χ1v) is 6.72. The summed E-state index contributed by atoms with van der Waals surface area (Å²) in [5.41, 5.74) is 2.42. The topological polar surface area (TPSA) is 12.0 Å². The second kappa shape index (κ2) is 8.32. The van der Waals surface area contributed by atoms with Gasteiger partial charge in [-0.25, -0.2) is 0 Å². The normalized spacial score (nSPS) is 11.2. The molecule has 1 nitrogen and oxygen atoms in total. The second-order valence-corrected chi connectivity index (χ2v) is 4.72. The highest BCUT2D eigenvalue weighted by Gasteiger charge is 1.97. The van der Waals surface area contributed by atoms with Gasteiger partial charge in [0.15, 0.2) is 0 Å². The quantitative estimate of drug-likeness (QED) is 0.567. The van der Waals surface area contributed by atoms with Crippen LogP contribution < -0.4 is 5.32 Å². The monoisotopic (exact) mass is 251 g/mol. The van der Waals surface area contributed by atoms with Crippen molar-refractivity contribution in [3.63, 3.8) is 0 Å². The summed E-state index contributed by atoms with van der Waals surface area (Å²) in [6, 6.07) is 6.24. The van der Waals surface area contributed by atoms with Gasteiger partial charge >= 0.3 is 0 Å². The van der Waals surface area contributed by atoms with Crippen molar-refractivity contribution in [1.82, 2.24) is 5.32 Å². The van der Waals surface area contributed by atoms with E-state index in [1.807, 2.05) is 6.07 Å². The zero-order valence-electron chi connectivity index (χ0n) is 10.8. The molecule has 0 aliphatic rings. The van der Waals surface area contributed by atoms with Crippen molar-refractivity contribution in [2.24, 2.45) is 0 Å². The fourth-order valence-electron chi connectivity index (χ4n) is 1.63. The van der Waals surface area contributed by atoms with E-state index in [1.165, 1.54) is 17.5 Å². The minimum atomic E-state index is 0.874. The van der Waals surface area contributed by atoms with Gasteiger partial charge < -0.3 is 5.32 Å². The van der Waals surface area contributed by atoms with Crippen LogP contribution in [0.3, 0.4) is 0 Å². The molecule has 0 aromatic heterocycles. The largest absolute Gasteiger partial charge is 0.316 e. The highest BCUT2D eigenvalue weighted by molar-refractivity contribution is 6.31. The van der Waals surface area contributed by atoms with Gasteiger partial charge in [-0.1, -0.05) is 42.8 Å². The summed E-state index contributed by atoms with van der Waals surface area (Å²) < 4.78 is 0. The summed E-state index contributed by atoms with van der Waals surface area (Å²) in [5, 5.41) is 4.25. The molecule has 0 saturated carbocycles. The molecule has 0 spiro atoms. The minimum Gasteiger partial charge on any atom is -0.316 e. The Labute approximate surface area is 110 Å². The lowest BCUT2D eigenvalue weighted by Crippen LogP contribution is -2.14. The van der Waals surface area contributed by atoms with Gasteiger partial charge in [-0.15, -0.1) is 0 Å². The van der Waals surface area contributed by atoms with E-state index in [4.69, 9.17) is 11.6 Å². The molecule has 0 unspecified atom stereocenters. The molecule has 2 heteroatoms. The van der Waals surface area contributed by atoms with E-state index >= 15 is 0 Å². The van der Waals surface area contributed by atoms with Crippen LogP contribution in [0.5, 0.6) is 0 Å². The minimum absolute atomic E-state index is 0.874. The average molecular weight is 252 g/mol. The Bertz CT molecular complexity index is 358. The first-order valence-electron chi connectivity index (χ1n) is 6.34. The summed E-state index contributed by atoms with van der Waals surface area (Å²) >= 11 is 6.16. The molecule has 0 fully saturated rings. The number of nitrogens with one attached hydrogen (secondary N) is 1. The first-order chi connectivity index (χ1) is 8.24. The van der Waals surface area contributed by atoms with Gasteiger partial charge in [0.2, 0.25) is 0 Å². The van der Waals surface area contributed by atoms with E-state index in [1.54, 1.807) is 0 Å². The molecule has 0 radical (unpaired) electrons. The van der Waals surface area contributed by atoms with Gasteiger partial charge in [-0.2, -0.15) is 0 Å². The maximum absolute atomic E-state index is 6.16. The maximum atomic E-state index is 6.16. The molecule has 0 aliphatic carbocycles. The highest BCUT2D eigenvalue weighted by atomic mass is 35.5. The molecule has 0 bridgehead atoms. The third-order valence-corrected chi connectivity index (χ3v) is 2.98. The van der Waals surface area contributed by atoms with Gasteiger partial charge in [0, 0.05) is 5.02 Å². The van der Waals surface area contributed by atoms with Crippen molar-refractivity contribution in [3.8, 4) is 0 Å². The fraction of sp³-hybridized carbons (Fsp3) is 0.467. The zero-order chi connectivity index (χ0) is 12.5. The molecule has 0 atom stereocenters. The van der Waals surface area contributed by atoms with Gasteiger partial charge in [0.1, 0.15) is 0 Å². The number of halogens is 1. The summed E-state index contributed by atoms with van der Waals surface area (Å²) in [6.07, 6.45) is 7.63. The van der Waals surface area contributed by atoms with Crippen LogP contribution in [0.4, 0.5) is 0 Å².